The first kappa shape index (κ1) is 21.6. The number of carbonyl (C=O) groups excluding carboxylic acids is 1. The van der Waals surface area contributed by atoms with Crippen LogP contribution in [-0.4, -0.2) is 27.1 Å². The average molecular weight is 449 g/mol. The molecule has 0 unspecified atom stereocenters. The van der Waals surface area contributed by atoms with E-state index in [1.807, 2.05) is 6.07 Å². The topological polar surface area (TPSA) is 75.7 Å². The predicted octanol–water partition coefficient (Wildman–Crippen LogP) is 4.68. The van der Waals surface area contributed by atoms with Gasteiger partial charge in [-0.15, -0.1) is 0 Å². The number of sulfonamides is 1. The lowest BCUT2D eigenvalue weighted by molar-refractivity contribution is -0.114. The van der Waals surface area contributed by atoms with E-state index in [9.17, 15) is 17.6 Å². The van der Waals surface area contributed by atoms with Crippen LogP contribution in [0.5, 0.6) is 11.5 Å². The third-order valence-corrected chi connectivity index (χ3v) is 5.41. The molecule has 0 bridgehead atoms. The maximum absolute atomic E-state index is 13.3. The summed E-state index contributed by atoms with van der Waals surface area (Å²) in [5.74, 6) is -0.465. The number of carbonyl (C=O) groups is 1. The van der Waals surface area contributed by atoms with Gasteiger partial charge in [0.05, 0.1) is 17.0 Å². The molecule has 0 atom stereocenters. The molecule has 3 rings (SSSR count). The van der Waals surface area contributed by atoms with E-state index in [2.05, 4.69) is 5.32 Å². The van der Waals surface area contributed by atoms with Gasteiger partial charge in [0.15, 0.2) is 5.75 Å². The molecule has 0 saturated carbocycles. The number of hydrogen-bond donors (Lipinski definition) is 1. The van der Waals surface area contributed by atoms with E-state index in [0.29, 0.717) is 5.75 Å². The minimum absolute atomic E-state index is 0.158. The summed E-state index contributed by atoms with van der Waals surface area (Å²) in [7, 11) is -3.83. The molecule has 0 aliphatic rings. The number of benzene rings is 3. The van der Waals surface area contributed by atoms with Gasteiger partial charge in [0, 0.05) is 5.69 Å². The van der Waals surface area contributed by atoms with Crippen molar-refractivity contribution in [2.75, 3.05) is 22.4 Å². The van der Waals surface area contributed by atoms with Crippen LogP contribution >= 0.6 is 11.6 Å². The van der Waals surface area contributed by atoms with E-state index in [0.717, 1.165) is 16.6 Å². The Morgan fingerprint density at radius 2 is 1.73 bits per heavy atom. The summed E-state index contributed by atoms with van der Waals surface area (Å²) in [6.07, 6.45) is 0.994. The molecule has 1 amide bonds. The molecule has 1 N–H and O–H groups in total. The van der Waals surface area contributed by atoms with E-state index in [1.54, 1.807) is 48.5 Å². The monoisotopic (exact) mass is 448 g/mol. The Bertz CT molecular complexity index is 1160. The fraction of sp³-hybridized carbons (Fsp3) is 0.0952. The van der Waals surface area contributed by atoms with Crippen molar-refractivity contribution in [2.45, 2.75) is 0 Å². The van der Waals surface area contributed by atoms with Crippen molar-refractivity contribution in [3.05, 3.63) is 83.6 Å². The van der Waals surface area contributed by atoms with Gasteiger partial charge in [-0.3, -0.25) is 9.10 Å². The lowest BCUT2D eigenvalue weighted by atomic mass is 10.2. The van der Waals surface area contributed by atoms with Crippen molar-refractivity contribution in [1.82, 2.24) is 0 Å². The van der Waals surface area contributed by atoms with E-state index in [4.69, 9.17) is 16.3 Å². The molecule has 0 heterocycles. The highest BCUT2D eigenvalue weighted by Crippen LogP contribution is 2.33. The molecule has 0 aliphatic heterocycles. The van der Waals surface area contributed by atoms with Gasteiger partial charge in [0.1, 0.15) is 18.1 Å². The second-order valence-corrected chi connectivity index (χ2v) is 8.64. The standard InChI is InChI=1S/C21H18ClFN2O4S/c1-30(27,28)25(14-21(26)24-15-11-12-18(23)17(22)13-15)19-9-5-6-10-20(19)29-16-7-3-2-4-8-16/h2-13H,14H2,1H3,(H,24,26). The van der Waals surface area contributed by atoms with Crippen LogP contribution in [0.3, 0.4) is 0 Å². The molecule has 0 aromatic heterocycles. The third kappa shape index (κ3) is 5.49. The van der Waals surface area contributed by atoms with E-state index < -0.39 is 28.3 Å². The summed E-state index contributed by atoms with van der Waals surface area (Å²) in [6, 6.07) is 19.0. The summed E-state index contributed by atoms with van der Waals surface area (Å²) in [4.78, 5) is 12.5. The van der Waals surface area contributed by atoms with Crippen molar-refractivity contribution in [3.63, 3.8) is 0 Å². The summed E-state index contributed by atoms with van der Waals surface area (Å²) >= 11 is 5.72. The van der Waals surface area contributed by atoms with Crippen molar-refractivity contribution in [2.24, 2.45) is 0 Å². The van der Waals surface area contributed by atoms with Gasteiger partial charge in [-0.1, -0.05) is 41.9 Å². The van der Waals surface area contributed by atoms with Gasteiger partial charge in [0.2, 0.25) is 15.9 Å². The van der Waals surface area contributed by atoms with Crippen molar-refractivity contribution >= 4 is 38.9 Å². The number of hydrogen-bond acceptors (Lipinski definition) is 4. The molecule has 6 nitrogen and oxygen atoms in total. The van der Waals surface area contributed by atoms with Crippen LogP contribution in [0.1, 0.15) is 0 Å². The van der Waals surface area contributed by atoms with Gasteiger partial charge >= 0.3 is 0 Å². The van der Waals surface area contributed by atoms with Crippen LogP contribution in [0.4, 0.5) is 15.8 Å². The van der Waals surface area contributed by atoms with Crippen molar-refractivity contribution in [1.29, 1.82) is 0 Å². The summed E-state index contributed by atoms with van der Waals surface area (Å²) < 4.78 is 44.9. The van der Waals surface area contributed by atoms with Crippen LogP contribution in [0.2, 0.25) is 5.02 Å². The first-order valence-electron chi connectivity index (χ1n) is 8.78. The normalized spacial score (nSPS) is 11.0. The number of halogens is 2. The van der Waals surface area contributed by atoms with Gasteiger partial charge in [-0.05, 0) is 42.5 Å². The lowest BCUT2D eigenvalue weighted by Crippen LogP contribution is -2.37. The second kappa shape index (κ2) is 9.15. The molecule has 0 radical (unpaired) electrons. The predicted molar refractivity (Wildman–Crippen MR) is 115 cm³/mol. The van der Waals surface area contributed by atoms with Gasteiger partial charge in [0.25, 0.3) is 0 Å². The summed E-state index contributed by atoms with van der Waals surface area (Å²) in [5, 5.41) is 2.36. The Balaban J connectivity index is 1.86. The fourth-order valence-corrected chi connectivity index (χ4v) is 3.69. The first-order chi connectivity index (χ1) is 14.2. The van der Waals surface area contributed by atoms with Crippen molar-refractivity contribution < 1.29 is 22.3 Å². The molecule has 0 saturated heterocycles. The minimum Gasteiger partial charge on any atom is -0.455 e. The van der Waals surface area contributed by atoms with Crippen LogP contribution in [0.25, 0.3) is 0 Å². The maximum atomic E-state index is 13.3. The number of nitrogens with zero attached hydrogens (tertiary/aromatic N) is 1. The SMILES string of the molecule is CS(=O)(=O)N(CC(=O)Nc1ccc(F)c(Cl)c1)c1ccccc1Oc1ccccc1. The minimum atomic E-state index is -3.83. The zero-order valence-corrected chi connectivity index (χ0v) is 17.5. The number of ether oxygens (including phenoxy) is 1. The van der Waals surface area contributed by atoms with E-state index in [-0.39, 0.29) is 22.1 Å². The highest BCUT2D eigenvalue weighted by molar-refractivity contribution is 7.92. The Labute approximate surface area is 178 Å². The molecule has 156 valence electrons. The molecular formula is C21H18ClFN2O4S. The molecule has 30 heavy (non-hydrogen) atoms. The lowest BCUT2D eigenvalue weighted by Gasteiger charge is -2.24. The van der Waals surface area contributed by atoms with Gasteiger partial charge in [-0.25, -0.2) is 12.8 Å². The maximum Gasteiger partial charge on any atom is 0.245 e. The third-order valence-electron chi connectivity index (χ3n) is 4.00. The smallest absolute Gasteiger partial charge is 0.245 e. The quantitative estimate of drug-likeness (QED) is 0.569. The highest BCUT2D eigenvalue weighted by atomic mass is 35.5. The first-order valence-corrected chi connectivity index (χ1v) is 11.0. The molecule has 0 spiro atoms. The number of rotatable bonds is 7. The highest BCUT2D eigenvalue weighted by Gasteiger charge is 2.24. The fourth-order valence-electron chi connectivity index (χ4n) is 2.65. The molecule has 3 aromatic carbocycles. The second-order valence-electron chi connectivity index (χ2n) is 6.33. The molecule has 0 fully saturated rings. The molecule has 3 aromatic rings. The molecule has 0 aliphatic carbocycles. The number of anilines is 2. The Hall–Kier alpha value is -3.10. The summed E-state index contributed by atoms with van der Waals surface area (Å²) in [6.45, 7) is -0.511. The van der Waals surface area contributed by atoms with Crippen molar-refractivity contribution in [3.8, 4) is 11.5 Å². The number of para-hydroxylation sites is 3. The Morgan fingerprint density at radius 1 is 1.07 bits per heavy atom. The van der Waals surface area contributed by atoms with Crippen LogP contribution in [-0.2, 0) is 14.8 Å². The van der Waals surface area contributed by atoms with Gasteiger partial charge < -0.3 is 10.1 Å². The average Bonchev–Trinajstić information content (AvgIpc) is 2.70. The number of amides is 1. The molecule has 9 heteroatoms. The van der Waals surface area contributed by atoms with Crippen LogP contribution in [0, 0.1) is 5.82 Å². The zero-order chi connectivity index (χ0) is 21.7. The van der Waals surface area contributed by atoms with E-state index >= 15 is 0 Å². The largest absolute Gasteiger partial charge is 0.455 e. The van der Waals surface area contributed by atoms with Gasteiger partial charge in [-0.2, -0.15) is 0 Å². The Morgan fingerprint density at radius 3 is 2.40 bits per heavy atom. The van der Waals surface area contributed by atoms with Crippen LogP contribution in [0.15, 0.2) is 72.8 Å². The molecular weight excluding hydrogens is 431 g/mol. The van der Waals surface area contributed by atoms with E-state index in [1.165, 1.54) is 12.1 Å². The van der Waals surface area contributed by atoms with Crippen LogP contribution < -0.4 is 14.4 Å². The zero-order valence-electron chi connectivity index (χ0n) is 15.9. The number of nitrogens with one attached hydrogen (secondary N) is 1. The summed E-state index contributed by atoms with van der Waals surface area (Å²) in [5.41, 5.74) is 0.449. The Kier molecular flexibility index (Phi) is 6.59.